The number of amides is 1. The van der Waals surface area contributed by atoms with E-state index < -0.39 is 4.92 Å². The van der Waals surface area contributed by atoms with Crippen LogP contribution in [-0.2, 0) is 4.79 Å². The lowest BCUT2D eigenvalue weighted by Gasteiger charge is -2.11. The fraction of sp³-hybridized carbons (Fsp3) is 0.364. The highest BCUT2D eigenvalue weighted by Gasteiger charge is 2.22. The third-order valence-corrected chi connectivity index (χ3v) is 3.11. The van der Waals surface area contributed by atoms with E-state index in [0.29, 0.717) is 5.69 Å². The van der Waals surface area contributed by atoms with Crippen molar-refractivity contribution < 1.29 is 9.72 Å². The average molecular weight is 270 g/mol. The van der Waals surface area contributed by atoms with Crippen LogP contribution in [0.4, 0.5) is 11.4 Å². The summed E-state index contributed by atoms with van der Waals surface area (Å²) in [5.41, 5.74) is 0.165. The van der Waals surface area contributed by atoms with Crippen molar-refractivity contribution in [2.45, 2.75) is 18.9 Å². The second-order valence-electron chi connectivity index (χ2n) is 4.06. The van der Waals surface area contributed by atoms with Crippen LogP contribution >= 0.6 is 11.6 Å². The van der Waals surface area contributed by atoms with Gasteiger partial charge in [0.1, 0.15) is 5.02 Å². The first-order valence-electron chi connectivity index (χ1n) is 5.56. The number of benzene rings is 1. The molecule has 1 heterocycles. The topological polar surface area (TPSA) is 84.3 Å². The molecule has 1 aliphatic rings. The Morgan fingerprint density at radius 3 is 2.94 bits per heavy atom. The van der Waals surface area contributed by atoms with Crippen LogP contribution in [0, 0.1) is 10.1 Å². The Morgan fingerprint density at radius 1 is 1.56 bits per heavy atom. The molecule has 0 aromatic heterocycles. The Bertz CT molecular complexity index is 486. The number of nitrogens with zero attached hydrogens (tertiary/aromatic N) is 1. The number of hydrogen-bond donors (Lipinski definition) is 2. The van der Waals surface area contributed by atoms with Gasteiger partial charge in [-0.15, -0.1) is 0 Å². The SMILES string of the molecule is O=C(Nc1ccc(Cl)c([N+](=O)[O-])c1)[C@H]1CCCN1. The van der Waals surface area contributed by atoms with Crippen molar-refractivity contribution in [3.8, 4) is 0 Å². The molecule has 1 aliphatic heterocycles. The predicted octanol–water partition coefficient (Wildman–Crippen LogP) is 1.94. The minimum absolute atomic E-state index is 0.0528. The minimum Gasteiger partial charge on any atom is -0.324 e. The Morgan fingerprint density at radius 2 is 2.33 bits per heavy atom. The van der Waals surface area contributed by atoms with E-state index in [2.05, 4.69) is 10.6 Å². The summed E-state index contributed by atoms with van der Waals surface area (Å²) in [6.45, 7) is 0.818. The van der Waals surface area contributed by atoms with Crippen molar-refractivity contribution in [1.82, 2.24) is 5.32 Å². The number of nitro groups is 1. The summed E-state index contributed by atoms with van der Waals surface area (Å²) >= 11 is 5.69. The largest absolute Gasteiger partial charge is 0.324 e. The van der Waals surface area contributed by atoms with Gasteiger partial charge in [0.05, 0.1) is 11.0 Å². The van der Waals surface area contributed by atoms with Crippen LogP contribution in [0.2, 0.25) is 5.02 Å². The summed E-state index contributed by atoms with van der Waals surface area (Å²) < 4.78 is 0. The van der Waals surface area contributed by atoms with Crippen molar-refractivity contribution in [3.05, 3.63) is 33.3 Å². The summed E-state index contributed by atoms with van der Waals surface area (Å²) in [4.78, 5) is 21.9. The third kappa shape index (κ3) is 2.77. The number of nitro benzene ring substituents is 1. The molecule has 1 aromatic carbocycles. The van der Waals surface area contributed by atoms with E-state index in [1.807, 2.05) is 0 Å². The number of hydrogen-bond acceptors (Lipinski definition) is 4. The first-order valence-corrected chi connectivity index (χ1v) is 5.94. The van der Waals surface area contributed by atoms with Crippen molar-refractivity contribution in [2.75, 3.05) is 11.9 Å². The number of anilines is 1. The van der Waals surface area contributed by atoms with Gasteiger partial charge in [-0.25, -0.2) is 0 Å². The molecule has 2 rings (SSSR count). The standard InChI is InChI=1S/C11H12ClN3O3/c12-8-4-3-7(6-10(8)15(17)18)14-11(16)9-2-1-5-13-9/h3-4,6,9,13H,1-2,5H2,(H,14,16)/t9-/m1/s1. The van der Waals surface area contributed by atoms with Gasteiger partial charge in [-0.3, -0.25) is 14.9 Å². The lowest BCUT2D eigenvalue weighted by Crippen LogP contribution is -2.35. The van der Waals surface area contributed by atoms with Crippen LogP contribution in [0.1, 0.15) is 12.8 Å². The number of halogens is 1. The molecule has 0 unspecified atom stereocenters. The van der Waals surface area contributed by atoms with E-state index in [0.717, 1.165) is 19.4 Å². The van der Waals surface area contributed by atoms with Gasteiger partial charge in [0.15, 0.2) is 0 Å². The molecule has 96 valence electrons. The summed E-state index contributed by atoms with van der Waals surface area (Å²) in [6, 6.07) is 3.98. The lowest BCUT2D eigenvalue weighted by atomic mass is 10.2. The fourth-order valence-electron chi connectivity index (χ4n) is 1.87. The molecular weight excluding hydrogens is 258 g/mol. The monoisotopic (exact) mass is 269 g/mol. The van der Waals surface area contributed by atoms with Crippen molar-refractivity contribution in [1.29, 1.82) is 0 Å². The van der Waals surface area contributed by atoms with Gasteiger partial charge in [0.25, 0.3) is 5.69 Å². The fourth-order valence-corrected chi connectivity index (χ4v) is 2.05. The van der Waals surface area contributed by atoms with E-state index in [1.165, 1.54) is 12.1 Å². The zero-order valence-electron chi connectivity index (χ0n) is 9.48. The zero-order valence-corrected chi connectivity index (χ0v) is 10.2. The molecule has 0 spiro atoms. The van der Waals surface area contributed by atoms with Crippen molar-refractivity contribution in [3.63, 3.8) is 0 Å². The maximum absolute atomic E-state index is 11.8. The van der Waals surface area contributed by atoms with Crippen LogP contribution in [0.25, 0.3) is 0 Å². The Balaban J connectivity index is 2.11. The molecule has 7 heteroatoms. The molecule has 0 radical (unpaired) electrons. The van der Waals surface area contributed by atoms with E-state index in [-0.39, 0.29) is 22.7 Å². The number of nitrogens with one attached hydrogen (secondary N) is 2. The third-order valence-electron chi connectivity index (χ3n) is 2.79. The Kier molecular flexibility index (Phi) is 3.78. The molecule has 1 saturated heterocycles. The van der Waals surface area contributed by atoms with Crippen LogP contribution in [0.3, 0.4) is 0 Å². The molecule has 0 bridgehead atoms. The normalized spacial score (nSPS) is 18.6. The van der Waals surface area contributed by atoms with Gasteiger partial charge in [-0.2, -0.15) is 0 Å². The van der Waals surface area contributed by atoms with E-state index in [4.69, 9.17) is 11.6 Å². The molecule has 18 heavy (non-hydrogen) atoms. The highest BCUT2D eigenvalue weighted by atomic mass is 35.5. The average Bonchev–Trinajstić information content (AvgIpc) is 2.85. The van der Waals surface area contributed by atoms with Gasteiger partial charge in [0, 0.05) is 11.8 Å². The number of rotatable bonds is 3. The summed E-state index contributed by atoms with van der Waals surface area (Å²) in [5, 5.41) is 16.5. The van der Waals surface area contributed by atoms with E-state index in [9.17, 15) is 14.9 Å². The van der Waals surface area contributed by atoms with Crippen LogP contribution in [0.5, 0.6) is 0 Å². The molecule has 0 saturated carbocycles. The first-order chi connectivity index (χ1) is 8.58. The maximum Gasteiger partial charge on any atom is 0.289 e. The Hall–Kier alpha value is -1.66. The maximum atomic E-state index is 11.8. The minimum atomic E-state index is -0.578. The van der Waals surface area contributed by atoms with Gasteiger partial charge in [0.2, 0.25) is 5.91 Å². The molecule has 1 atom stereocenters. The van der Waals surface area contributed by atoms with Gasteiger partial charge < -0.3 is 10.6 Å². The van der Waals surface area contributed by atoms with Gasteiger partial charge in [-0.1, -0.05) is 11.6 Å². The van der Waals surface area contributed by atoms with Crippen LogP contribution in [-0.4, -0.2) is 23.4 Å². The molecule has 6 nitrogen and oxygen atoms in total. The quantitative estimate of drug-likeness (QED) is 0.649. The Labute approximate surface area is 108 Å². The molecule has 1 amide bonds. The van der Waals surface area contributed by atoms with Crippen molar-refractivity contribution >= 4 is 28.9 Å². The number of carbonyl (C=O) groups excluding carboxylic acids is 1. The van der Waals surface area contributed by atoms with E-state index in [1.54, 1.807) is 6.07 Å². The first kappa shape index (κ1) is 12.8. The molecule has 1 fully saturated rings. The highest BCUT2D eigenvalue weighted by molar-refractivity contribution is 6.32. The van der Waals surface area contributed by atoms with Crippen LogP contribution < -0.4 is 10.6 Å². The van der Waals surface area contributed by atoms with Gasteiger partial charge >= 0.3 is 0 Å². The van der Waals surface area contributed by atoms with Crippen molar-refractivity contribution in [2.24, 2.45) is 0 Å². The molecule has 1 aromatic rings. The summed E-state index contributed by atoms with van der Waals surface area (Å²) in [7, 11) is 0. The second kappa shape index (κ2) is 5.32. The van der Waals surface area contributed by atoms with E-state index >= 15 is 0 Å². The molecular formula is C11H12ClN3O3. The molecule has 0 aliphatic carbocycles. The second-order valence-corrected chi connectivity index (χ2v) is 4.47. The summed E-state index contributed by atoms with van der Waals surface area (Å²) in [6.07, 6.45) is 1.74. The van der Waals surface area contributed by atoms with Gasteiger partial charge in [-0.05, 0) is 31.5 Å². The van der Waals surface area contributed by atoms with Crippen LogP contribution in [0.15, 0.2) is 18.2 Å². The smallest absolute Gasteiger partial charge is 0.289 e. The summed E-state index contributed by atoms with van der Waals surface area (Å²) in [5.74, 6) is -0.177. The highest BCUT2D eigenvalue weighted by Crippen LogP contribution is 2.27. The lowest BCUT2D eigenvalue weighted by molar-refractivity contribution is -0.384. The number of carbonyl (C=O) groups is 1. The molecule has 2 N–H and O–H groups in total. The predicted molar refractivity (Wildman–Crippen MR) is 67.8 cm³/mol. The zero-order chi connectivity index (χ0) is 13.1.